The summed E-state index contributed by atoms with van der Waals surface area (Å²) >= 11 is 5.72. The van der Waals surface area contributed by atoms with Crippen molar-refractivity contribution in [1.29, 1.82) is 0 Å². The molecule has 5 rings (SSSR count). The summed E-state index contributed by atoms with van der Waals surface area (Å²) in [5.41, 5.74) is 2.88. The minimum Gasteiger partial charge on any atom is -0.493 e. The normalized spacial score (nSPS) is 16.7. The number of esters is 1. The number of methoxy groups -OCH3 is 2. The number of nitrogens with one attached hydrogen (secondary N) is 3. The molecule has 16 nitrogen and oxygen atoms in total. The lowest BCUT2D eigenvalue weighted by molar-refractivity contribution is -0.153. The quantitative estimate of drug-likeness (QED) is 0.166. The zero-order valence-corrected chi connectivity index (χ0v) is 33.0. The predicted molar refractivity (Wildman–Crippen MR) is 202 cm³/mol. The second kappa shape index (κ2) is 18.9. The topological polar surface area (TPSA) is 233 Å². The first-order valence-corrected chi connectivity index (χ1v) is 19.7. The maximum absolute atomic E-state index is 13.5. The molecular formula is C34H43Cl2N5O11S2. The number of sulfonamides is 2. The molecule has 0 saturated carbocycles. The zero-order valence-electron chi connectivity index (χ0n) is 29.8. The Hall–Kier alpha value is -4.17. The van der Waals surface area contributed by atoms with Gasteiger partial charge < -0.3 is 29.5 Å². The fourth-order valence-electron chi connectivity index (χ4n) is 5.87. The number of halogens is 2. The number of benzene rings is 3. The number of anilines is 1. The van der Waals surface area contributed by atoms with Gasteiger partial charge in [0, 0.05) is 13.0 Å². The highest BCUT2D eigenvalue weighted by molar-refractivity contribution is 7.90. The molecule has 20 heteroatoms. The Morgan fingerprint density at radius 2 is 1.70 bits per heavy atom. The SMILES string of the molecule is CCOC(=O)[C@H](CCc1ccccc1)N[C@@H](C)C(=O)N1Cc2cc(OC)c(OC)cc2C[C@H]1C(=O)O.Cl.NS(=O)(=O)c1cc2c(cc1Cl)NCNS2(=O)=O. The van der Waals surface area contributed by atoms with Crippen LogP contribution in [0.15, 0.2) is 64.4 Å². The van der Waals surface area contributed by atoms with Crippen LogP contribution in [0.4, 0.5) is 5.69 Å². The molecule has 3 atom stereocenters. The zero-order chi connectivity index (χ0) is 39.1. The van der Waals surface area contributed by atoms with E-state index in [-0.39, 0.29) is 54.3 Å². The Kier molecular flexibility index (Phi) is 15.5. The maximum atomic E-state index is 13.5. The van der Waals surface area contributed by atoms with Crippen LogP contribution in [0, 0.1) is 0 Å². The van der Waals surface area contributed by atoms with E-state index in [2.05, 4.69) is 15.4 Å². The number of carboxylic acid groups (broad SMARTS) is 1. The molecule has 0 fully saturated rings. The molecule has 3 aromatic rings. The Bertz CT molecular complexity index is 2060. The van der Waals surface area contributed by atoms with Crippen molar-refractivity contribution in [3.8, 4) is 11.5 Å². The van der Waals surface area contributed by atoms with Crippen molar-refractivity contribution in [3.05, 3.63) is 76.3 Å². The van der Waals surface area contributed by atoms with Crippen molar-refractivity contribution in [2.45, 2.75) is 67.6 Å². The third kappa shape index (κ3) is 10.7. The summed E-state index contributed by atoms with van der Waals surface area (Å²) < 4.78 is 63.8. The lowest BCUT2D eigenvalue weighted by atomic mass is 9.92. The molecule has 296 valence electrons. The van der Waals surface area contributed by atoms with Gasteiger partial charge in [-0.25, -0.2) is 26.8 Å². The van der Waals surface area contributed by atoms with Crippen molar-refractivity contribution in [2.24, 2.45) is 5.14 Å². The maximum Gasteiger partial charge on any atom is 0.326 e. The first kappa shape index (κ1) is 44.2. The predicted octanol–water partition coefficient (Wildman–Crippen LogP) is 2.65. The molecule has 0 radical (unpaired) electrons. The molecule has 0 bridgehead atoms. The number of primary sulfonamides is 1. The van der Waals surface area contributed by atoms with E-state index < -0.39 is 60.9 Å². The van der Waals surface area contributed by atoms with E-state index in [1.807, 2.05) is 30.3 Å². The fourth-order valence-corrected chi connectivity index (χ4v) is 8.16. The molecular weight excluding hydrogens is 789 g/mol. The van der Waals surface area contributed by atoms with Crippen LogP contribution in [0.5, 0.6) is 11.5 Å². The van der Waals surface area contributed by atoms with Crippen molar-refractivity contribution in [1.82, 2.24) is 14.9 Å². The number of hydrogen-bond donors (Lipinski definition) is 5. The fraction of sp³-hybridized carbons (Fsp3) is 0.382. The van der Waals surface area contributed by atoms with E-state index in [1.54, 1.807) is 26.0 Å². The Morgan fingerprint density at radius 1 is 1.07 bits per heavy atom. The first-order valence-electron chi connectivity index (χ1n) is 16.3. The number of nitrogens with two attached hydrogens (primary N) is 1. The number of aliphatic carboxylic acids is 1. The standard InChI is InChI=1S/C27H34N2O7.C7H8ClN3O4S2.ClH/c1-5-36-27(33)21(12-11-18-9-7-6-8-10-18)28-17(2)25(30)29-16-20-15-24(35-4)23(34-3)14-19(20)13-22(29)26(31)32;8-4-1-5-7(2-6(4)16(9,12)13)17(14,15)11-3-10-5;/h6-10,14-15,17,21-22,28H,5,11-13,16H2,1-4H3,(H,31,32);1-2,10-11H,3H2,(H2,9,12,13);1H/t17-,21-,22-;;/m0../s1. The molecule has 6 N–H and O–H groups in total. The summed E-state index contributed by atoms with van der Waals surface area (Å²) in [7, 11) is -4.76. The Balaban J connectivity index is 0.000000364. The Morgan fingerprint density at radius 3 is 2.28 bits per heavy atom. The number of hydrogen-bond acceptors (Lipinski definition) is 12. The van der Waals surface area contributed by atoms with Crippen LogP contribution >= 0.6 is 24.0 Å². The summed E-state index contributed by atoms with van der Waals surface area (Å²) in [5, 5.41) is 20.5. The number of ether oxygens (including phenoxy) is 3. The number of carbonyl (C=O) groups is 3. The van der Waals surface area contributed by atoms with Gasteiger partial charge >= 0.3 is 11.9 Å². The van der Waals surface area contributed by atoms with Crippen molar-refractivity contribution < 1.29 is 50.5 Å². The molecule has 3 aromatic carbocycles. The van der Waals surface area contributed by atoms with Crippen molar-refractivity contribution >= 4 is 67.6 Å². The summed E-state index contributed by atoms with van der Waals surface area (Å²) in [4.78, 5) is 38.9. The lowest BCUT2D eigenvalue weighted by Gasteiger charge is -2.37. The van der Waals surface area contributed by atoms with Crippen LogP contribution in [-0.2, 0) is 58.6 Å². The van der Waals surface area contributed by atoms with Gasteiger partial charge in [0.2, 0.25) is 26.0 Å². The van der Waals surface area contributed by atoms with Crippen LogP contribution in [0.3, 0.4) is 0 Å². The molecule has 0 aromatic heterocycles. The molecule has 0 spiro atoms. The number of fused-ring (bicyclic) bond motifs is 2. The van der Waals surface area contributed by atoms with Crippen LogP contribution in [0.2, 0.25) is 5.02 Å². The average molecular weight is 833 g/mol. The van der Waals surface area contributed by atoms with Gasteiger partial charge in [-0.15, -0.1) is 12.4 Å². The van der Waals surface area contributed by atoms with Crippen LogP contribution in [0.25, 0.3) is 0 Å². The molecule has 2 heterocycles. The smallest absolute Gasteiger partial charge is 0.326 e. The van der Waals surface area contributed by atoms with Crippen LogP contribution in [0.1, 0.15) is 37.0 Å². The van der Waals surface area contributed by atoms with Gasteiger partial charge in [-0.3, -0.25) is 14.9 Å². The molecule has 2 aliphatic rings. The molecule has 54 heavy (non-hydrogen) atoms. The number of amides is 1. The van der Waals surface area contributed by atoms with E-state index in [0.717, 1.165) is 22.8 Å². The van der Waals surface area contributed by atoms with Crippen molar-refractivity contribution in [2.75, 3.05) is 32.8 Å². The van der Waals surface area contributed by atoms with Gasteiger partial charge in [0.1, 0.15) is 21.9 Å². The Labute approximate surface area is 325 Å². The molecule has 2 aliphatic heterocycles. The van der Waals surface area contributed by atoms with Crippen LogP contribution in [-0.4, -0.2) is 90.3 Å². The summed E-state index contributed by atoms with van der Waals surface area (Å²) in [5.74, 6) is -0.930. The van der Waals surface area contributed by atoms with Crippen LogP contribution < -0.4 is 30.0 Å². The monoisotopic (exact) mass is 831 g/mol. The number of carboxylic acids is 1. The first-order chi connectivity index (χ1) is 25.0. The number of rotatable bonds is 12. The van der Waals surface area contributed by atoms with Crippen molar-refractivity contribution in [3.63, 3.8) is 0 Å². The third-order valence-electron chi connectivity index (χ3n) is 8.53. The van der Waals surface area contributed by atoms with Gasteiger partial charge in [-0.1, -0.05) is 41.9 Å². The number of nitrogens with zero attached hydrogens (tertiary/aromatic N) is 1. The summed E-state index contributed by atoms with van der Waals surface area (Å²) in [6.45, 7) is 3.71. The second-order valence-corrected chi connectivity index (χ2v) is 15.7. The minimum atomic E-state index is -4.07. The average Bonchev–Trinajstić information content (AvgIpc) is 3.11. The highest BCUT2D eigenvalue weighted by Gasteiger charge is 2.38. The largest absolute Gasteiger partial charge is 0.493 e. The molecule has 0 saturated heterocycles. The van der Waals surface area contributed by atoms with E-state index >= 15 is 0 Å². The van der Waals surface area contributed by atoms with E-state index in [1.165, 1.54) is 25.2 Å². The molecule has 0 aliphatic carbocycles. The van der Waals surface area contributed by atoms with E-state index in [4.69, 9.17) is 31.0 Å². The highest BCUT2D eigenvalue weighted by atomic mass is 35.5. The van der Waals surface area contributed by atoms with Gasteiger partial charge in [0.05, 0.1) is 44.2 Å². The highest BCUT2D eigenvalue weighted by Crippen LogP contribution is 2.35. The summed E-state index contributed by atoms with van der Waals surface area (Å²) in [6.07, 6.45) is 1.19. The van der Waals surface area contributed by atoms with E-state index in [9.17, 15) is 36.3 Å². The number of carbonyl (C=O) groups excluding carboxylic acids is 2. The number of aryl methyl sites for hydroxylation is 1. The van der Waals surface area contributed by atoms with Gasteiger partial charge in [0.25, 0.3) is 0 Å². The van der Waals surface area contributed by atoms with Gasteiger partial charge in [-0.2, -0.15) is 4.72 Å². The summed E-state index contributed by atoms with van der Waals surface area (Å²) in [6, 6.07) is 12.8. The third-order valence-corrected chi connectivity index (χ3v) is 11.3. The van der Waals surface area contributed by atoms with Gasteiger partial charge in [0.15, 0.2) is 11.5 Å². The van der Waals surface area contributed by atoms with E-state index in [0.29, 0.717) is 24.3 Å². The lowest BCUT2D eigenvalue weighted by Crippen LogP contribution is -2.56. The minimum absolute atomic E-state index is 0. The second-order valence-electron chi connectivity index (χ2n) is 12.0. The van der Waals surface area contributed by atoms with Gasteiger partial charge in [-0.05, 0) is 67.6 Å². The molecule has 1 amide bonds. The molecule has 0 unspecified atom stereocenters.